The van der Waals surface area contributed by atoms with E-state index >= 15 is 0 Å². The molecule has 1 aromatic carbocycles. The summed E-state index contributed by atoms with van der Waals surface area (Å²) in [6.07, 6.45) is -4.47. The van der Waals surface area contributed by atoms with Gasteiger partial charge >= 0.3 is 12.2 Å². The van der Waals surface area contributed by atoms with Crippen LogP contribution >= 0.6 is 0 Å². The first kappa shape index (κ1) is 13.8. The van der Waals surface area contributed by atoms with Crippen molar-refractivity contribution < 1.29 is 18.0 Å². The van der Waals surface area contributed by atoms with Crippen molar-refractivity contribution in [3.05, 3.63) is 29.8 Å². The fraction of sp³-hybridized carbons (Fsp3) is 0.273. The van der Waals surface area contributed by atoms with Crippen LogP contribution in [0, 0.1) is 11.3 Å². The van der Waals surface area contributed by atoms with Gasteiger partial charge in [-0.05, 0) is 12.1 Å². The van der Waals surface area contributed by atoms with Crippen molar-refractivity contribution in [1.82, 2.24) is 5.32 Å². The summed E-state index contributed by atoms with van der Waals surface area (Å²) in [6, 6.07) is 7.08. The predicted octanol–water partition coefficient (Wildman–Crippen LogP) is 2.27. The molecule has 1 aromatic rings. The molecule has 0 saturated heterocycles. The van der Waals surface area contributed by atoms with E-state index in [-0.39, 0.29) is 11.3 Å². The Morgan fingerprint density at radius 1 is 1.44 bits per heavy atom. The van der Waals surface area contributed by atoms with Crippen LogP contribution in [0.2, 0.25) is 0 Å². The third-order valence-electron chi connectivity index (χ3n) is 2.13. The molecular formula is C11H10F3N3O. The molecular weight excluding hydrogens is 247 g/mol. The van der Waals surface area contributed by atoms with E-state index in [1.165, 1.54) is 19.2 Å². The number of nitriles is 1. The van der Waals surface area contributed by atoms with Crippen molar-refractivity contribution in [2.45, 2.75) is 6.18 Å². The zero-order valence-corrected chi connectivity index (χ0v) is 9.45. The molecule has 0 unspecified atom stereocenters. The summed E-state index contributed by atoms with van der Waals surface area (Å²) in [5.74, 6) is 0. The Hall–Kier alpha value is -2.23. The molecule has 0 spiro atoms. The van der Waals surface area contributed by atoms with Crippen LogP contribution in [-0.4, -0.2) is 25.8 Å². The zero-order valence-electron chi connectivity index (χ0n) is 9.45. The lowest BCUT2D eigenvalue weighted by Crippen LogP contribution is -2.42. The van der Waals surface area contributed by atoms with Crippen LogP contribution in [0.15, 0.2) is 24.3 Å². The maximum atomic E-state index is 11.9. The minimum absolute atomic E-state index is 0.210. The average molecular weight is 257 g/mol. The molecule has 2 amide bonds. The third-order valence-corrected chi connectivity index (χ3v) is 2.13. The van der Waals surface area contributed by atoms with Crippen LogP contribution < -0.4 is 10.2 Å². The number of rotatable bonds is 2. The highest BCUT2D eigenvalue weighted by atomic mass is 19.4. The van der Waals surface area contributed by atoms with E-state index in [1.54, 1.807) is 17.4 Å². The monoisotopic (exact) mass is 257 g/mol. The number of halogens is 3. The number of carbonyl (C=O) groups is 1. The fourth-order valence-electron chi connectivity index (χ4n) is 1.26. The van der Waals surface area contributed by atoms with Crippen molar-refractivity contribution in [1.29, 1.82) is 5.26 Å². The van der Waals surface area contributed by atoms with Crippen molar-refractivity contribution in [2.24, 2.45) is 0 Å². The van der Waals surface area contributed by atoms with E-state index in [1.807, 2.05) is 6.07 Å². The number of benzene rings is 1. The van der Waals surface area contributed by atoms with Crippen LogP contribution in [0.3, 0.4) is 0 Å². The summed E-state index contributed by atoms with van der Waals surface area (Å²) in [6.45, 7) is -1.41. The van der Waals surface area contributed by atoms with Gasteiger partial charge < -0.3 is 5.32 Å². The fourth-order valence-corrected chi connectivity index (χ4v) is 1.26. The summed E-state index contributed by atoms with van der Waals surface area (Å²) in [5.41, 5.74) is 0.460. The minimum atomic E-state index is -4.47. The highest BCUT2D eigenvalue weighted by molar-refractivity contribution is 5.92. The summed E-state index contributed by atoms with van der Waals surface area (Å²) < 4.78 is 35.8. The SMILES string of the molecule is CN(C(=O)NCC(F)(F)F)c1ccccc1C#N. The van der Waals surface area contributed by atoms with Crippen LogP contribution in [0.4, 0.5) is 23.7 Å². The van der Waals surface area contributed by atoms with Crippen molar-refractivity contribution in [3.8, 4) is 6.07 Å². The van der Waals surface area contributed by atoms with Crippen LogP contribution in [0.5, 0.6) is 0 Å². The topological polar surface area (TPSA) is 56.1 Å². The van der Waals surface area contributed by atoms with Gasteiger partial charge in [0.15, 0.2) is 0 Å². The molecule has 0 fully saturated rings. The molecule has 0 radical (unpaired) electrons. The molecule has 0 aliphatic carbocycles. The molecule has 0 aliphatic rings. The molecule has 0 heterocycles. The number of hydrogen-bond donors (Lipinski definition) is 1. The van der Waals surface area contributed by atoms with Gasteiger partial charge in [-0.15, -0.1) is 0 Å². The maximum absolute atomic E-state index is 11.9. The number of hydrogen-bond acceptors (Lipinski definition) is 2. The maximum Gasteiger partial charge on any atom is 0.405 e. The Bertz CT molecular complexity index is 479. The van der Waals surface area contributed by atoms with Crippen molar-refractivity contribution in [3.63, 3.8) is 0 Å². The standard InChI is InChI=1S/C11H10F3N3O/c1-17(10(18)16-7-11(12,13)14)9-5-3-2-4-8(9)6-15/h2-5H,7H2,1H3,(H,16,18). The van der Waals surface area contributed by atoms with Crippen LogP contribution in [-0.2, 0) is 0 Å². The van der Waals surface area contributed by atoms with E-state index in [2.05, 4.69) is 0 Å². The third kappa shape index (κ3) is 3.66. The molecule has 0 aliphatic heterocycles. The Morgan fingerprint density at radius 3 is 2.61 bits per heavy atom. The molecule has 0 atom stereocenters. The normalized spacial score (nSPS) is 10.6. The largest absolute Gasteiger partial charge is 0.405 e. The number of anilines is 1. The number of urea groups is 1. The molecule has 1 rings (SSSR count). The first-order valence-corrected chi connectivity index (χ1v) is 4.92. The lowest BCUT2D eigenvalue weighted by Gasteiger charge is -2.19. The molecule has 18 heavy (non-hydrogen) atoms. The van der Waals surface area contributed by atoms with E-state index in [9.17, 15) is 18.0 Å². The highest BCUT2D eigenvalue weighted by Crippen LogP contribution is 2.18. The number of nitrogens with zero attached hydrogens (tertiary/aromatic N) is 2. The van der Waals surface area contributed by atoms with Gasteiger partial charge in [0.2, 0.25) is 0 Å². The number of para-hydroxylation sites is 1. The lowest BCUT2D eigenvalue weighted by atomic mass is 10.2. The Balaban J connectivity index is 2.78. The molecule has 7 heteroatoms. The Morgan fingerprint density at radius 2 is 2.06 bits per heavy atom. The minimum Gasteiger partial charge on any atom is -0.329 e. The van der Waals surface area contributed by atoms with E-state index in [0.29, 0.717) is 0 Å². The van der Waals surface area contributed by atoms with E-state index in [0.717, 1.165) is 4.90 Å². The molecule has 4 nitrogen and oxygen atoms in total. The second-order valence-electron chi connectivity index (χ2n) is 3.46. The van der Waals surface area contributed by atoms with E-state index < -0.39 is 18.8 Å². The average Bonchev–Trinajstić information content (AvgIpc) is 2.34. The molecule has 96 valence electrons. The number of alkyl halides is 3. The van der Waals surface area contributed by atoms with Gasteiger partial charge in [0, 0.05) is 7.05 Å². The lowest BCUT2D eigenvalue weighted by molar-refractivity contribution is -0.122. The first-order valence-electron chi connectivity index (χ1n) is 4.92. The van der Waals surface area contributed by atoms with Gasteiger partial charge in [-0.2, -0.15) is 18.4 Å². The summed E-state index contributed by atoms with van der Waals surface area (Å²) in [7, 11) is 1.29. The number of carbonyl (C=O) groups excluding carboxylic acids is 1. The van der Waals surface area contributed by atoms with Gasteiger partial charge in [-0.3, -0.25) is 4.90 Å². The quantitative estimate of drug-likeness (QED) is 0.883. The highest BCUT2D eigenvalue weighted by Gasteiger charge is 2.28. The summed E-state index contributed by atoms with van der Waals surface area (Å²) in [4.78, 5) is 12.4. The molecule has 0 bridgehead atoms. The van der Waals surface area contributed by atoms with Gasteiger partial charge in [0.25, 0.3) is 0 Å². The number of nitrogens with one attached hydrogen (secondary N) is 1. The van der Waals surface area contributed by atoms with Gasteiger partial charge in [0.05, 0.1) is 11.3 Å². The van der Waals surface area contributed by atoms with E-state index in [4.69, 9.17) is 5.26 Å². The first-order chi connectivity index (χ1) is 8.35. The van der Waals surface area contributed by atoms with Crippen LogP contribution in [0.25, 0.3) is 0 Å². The molecule has 0 saturated carbocycles. The zero-order chi connectivity index (χ0) is 13.8. The molecule has 0 aromatic heterocycles. The smallest absolute Gasteiger partial charge is 0.329 e. The number of amides is 2. The Kier molecular flexibility index (Phi) is 4.15. The second kappa shape index (κ2) is 5.40. The predicted molar refractivity (Wildman–Crippen MR) is 59.0 cm³/mol. The van der Waals surface area contributed by atoms with Crippen molar-refractivity contribution in [2.75, 3.05) is 18.5 Å². The van der Waals surface area contributed by atoms with Crippen molar-refractivity contribution >= 4 is 11.7 Å². The summed E-state index contributed by atoms with van der Waals surface area (Å²) in [5, 5.41) is 10.5. The van der Waals surface area contributed by atoms with Gasteiger partial charge in [-0.25, -0.2) is 4.79 Å². The van der Waals surface area contributed by atoms with Gasteiger partial charge in [-0.1, -0.05) is 12.1 Å². The van der Waals surface area contributed by atoms with Crippen LogP contribution in [0.1, 0.15) is 5.56 Å². The summed E-state index contributed by atoms with van der Waals surface area (Å²) >= 11 is 0. The Labute approximate surface area is 102 Å². The second-order valence-corrected chi connectivity index (χ2v) is 3.46. The van der Waals surface area contributed by atoms with Gasteiger partial charge in [0.1, 0.15) is 12.6 Å². The molecule has 1 N–H and O–H groups in total.